The molecule has 0 aliphatic heterocycles. The summed E-state index contributed by atoms with van der Waals surface area (Å²) in [6, 6.07) is 8.00. The molecule has 1 fully saturated rings. The van der Waals surface area contributed by atoms with Crippen LogP contribution < -0.4 is 5.14 Å². The summed E-state index contributed by atoms with van der Waals surface area (Å²) in [6.45, 7) is 0. The van der Waals surface area contributed by atoms with Crippen molar-refractivity contribution in [1.82, 2.24) is 4.98 Å². The zero-order chi connectivity index (χ0) is 20.2. The molecule has 0 radical (unpaired) electrons. The predicted octanol–water partition coefficient (Wildman–Crippen LogP) is 4.40. The summed E-state index contributed by atoms with van der Waals surface area (Å²) in [6.07, 6.45) is 4.00. The van der Waals surface area contributed by atoms with Gasteiger partial charge in [0.25, 0.3) is 0 Å². The number of alkyl halides is 3. The van der Waals surface area contributed by atoms with Crippen LogP contribution in [0.15, 0.2) is 59.6 Å². The summed E-state index contributed by atoms with van der Waals surface area (Å²) >= 11 is 0. The zero-order valence-electron chi connectivity index (χ0n) is 14.7. The van der Waals surface area contributed by atoms with Crippen LogP contribution in [0.1, 0.15) is 36.1 Å². The highest BCUT2D eigenvalue weighted by molar-refractivity contribution is 7.89. The first-order chi connectivity index (χ1) is 13.1. The van der Waals surface area contributed by atoms with Gasteiger partial charge in [0.1, 0.15) is 4.90 Å². The van der Waals surface area contributed by atoms with E-state index in [9.17, 15) is 21.6 Å². The van der Waals surface area contributed by atoms with Crippen LogP contribution in [-0.4, -0.2) is 13.4 Å². The minimum atomic E-state index is -4.39. The molecule has 1 aromatic carbocycles. The van der Waals surface area contributed by atoms with Gasteiger partial charge in [-0.05, 0) is 48.2 Å². The summed E-state index contributed by atoms with van der Waals surface area (Å²) in [5.41, 5.74) is 2.02. The molecule has 1 aromatic heterocycles. The molecule has 28 heavy (non-hydrogen) atoms. The molecule has 4 rings (SSSR count). The lowest BCUT2D eigenvalue weighted by molar-refractivity contribution is -0.137. The highest BCUT2D eigenvalue weighted by atomic mass is 32.2. The molecule has 2 aromatic rings. The zero-order valence-corrected chi connectivity index (χ0v) is 15.5. The van der Waals surface area contributed by atoms with Gasteiger partial charge in [-0.15, -0.1) is 0 Å². The van der Waals surface area contributed by atoms with Gasteiger partial charge in [0.2, 0.25) is 10.0 Å². The molecular formula is C20H17F3N2O2S. The fourth-order valence-corrected chi connectivity index (χ4v) is 4.10. The second-order valence-electron chi connectivity index (χ2n) is 7.20. The minimum Gasteiger partial charge on any atom is -0.255 e. The Morgan fingerprint density at radius 1 is 0.964 bits per heavy atom. The van der Waals surface area contributed by atoms with Crippen LogP contribution in [0, 0.1) is 5.41 Å². The molecule has 0 amide bonds. The van der Waals surface area contributed by atoms with Crippen molar-refractivity contribution in [2.24, 2.45) is 10.6 Å². The van der Waals surface area contributed by atoms with Crippen LogP contribution in [0.5, 0.6) is 0 Å². The highest BCUT2D eigenvalue weighted by Gasteiger charge is 2.39. The molecular weight excluding hydrogens is 389 g/mol. The number of pyridine rings is 1. The number of hydrogen-bond acceptors (Lipinski definition) is 3. The molecule has 0 saturated heterocycles. The van der Waals surface area contributed by atoms with Gasteiger partial charge in [0.15, 0.2) is 0 Å². The first-order valence-corrected chi connectivity index (χ1v) is 10.3. The monoisotopic (exact) mass is 406 g/mol. The second-order valence-corrected chi connectivity index (χ2v) is 8.76. The van der Waals surface area contributed by atoms with E-state index >= 15 is 0 Å². The van der Waals surface area contributed by atoms with E-state index in [0.717, 1.165) is 42.5 Å². The van der Waals surface area contributed by atoms with E-state index in [-0.39, 0.29) is 10.3 Å². The average molecular weight is 406 g/mol. The molecule has 0 bridgehead atoms. The fourth-order valence-electron chi connectivity index (χ4n) is 3.64. The minimum absolute atomic E-state index is 0.0896. The highest BCUT2D eigenvalue weighted by Crippen LogP contribution is 2.53. The third-order valence-corrected chi connectivity index (χ3v) is 6.20. The molecule has 1 heterocycles. The Labute approximate surface area is 160 Å². The maximum absolute atomic E-state index is 12.9. The Morgan fingerprint density at radius 2 is 1.61 bits per heavy atom. The lowest BCUT2D eigenvalue weighted by Gasteiger charge is -2.34. The van der Waals surface area contributed by atoms with Crippen molar-refractivity contribution in [1.29, 1.82) is 0 Å². The van der Waals surface area contributed by atoms with Crippen LogP contribution in [0.2, 0.25) is 0 Å². The summed E-state index contributed by atoms with van der Waals surface area (Å²) in [5, 5.41) is 5.12. The summed E-state index contributed by atoms with van der Waals surface area (Å²) < 4.78 is 61.5. The number of benzene rings is 1. The van der Waals surface area contributed by atoms with Crippen molar-refractivity contribution in [3.05, 3.63) is 71.6 Å². The van der Waals surface area contributed by atoms with Crippen LogP contribution in [0.25, 0.3) is 11.1 Å². The first-order valence-electron chi connectivity index (χ1n) is 8.70. The van der Waals surface area contributed by atoms with E-state index < -0.39 is 21.8 Å². The molecule has 146 valence electrons. The van der Waals surface area contributed by atoms with Gasteiger partial charge >= 0.3 is 6.18 Å². The molecule has 2 aliphatic rings. The quantitative estimate of drug-likeness (QED) is 0.821. The maximum atomic E-state index is 12.9. The topological polar surface area (TPSA) is 73.1 Å². The van der Waals surface area contributed by atoms with E-state index in [2.05, 4.69) is 17.1 Å². The SMILES string of the molecule is NS(=O)(=O)c1ccc(C2=CC3(C=C2c2ccc(C(F)(F)F)cc2)CCC3)nc1. The smallest absolute Gasteiger partial charge is 0.255 e. The number of primary sulfonamides is 1. The van der Waals surface area contributed by atoms with E-state index in [1.54, 1.807) is 6.07 Å². The second kappa shape index (κ2) is 6.28. The standard InChI is InChI=1S/C20H17F3N2O2S/c21-20(22,23)14-4-2-13(3-5-14)16-10-19(8-1-9-19)11-17(16)18-7-6-15(12-25-18)28(24,26)27/h2-7,10-12H,1,8-9H2,(H2,24,26,27). The number of allylic oxidation sites excluding steroid dienone is 4. The summed E-state index contributed by atoms with van der Waals surface area (Å²) in [7, 11) is -3.85. The Bertz CT molecular complexity index is 1080. The first kappa shape index (κ1) is 18.9. The van der Waals surface area contributed by atoms with Crippen molar-refractivity contribution in [3.63, 3.8) is 0 Å². The predicted molar refractivity (Wildman–Crippen MR) is 99.3 cm³/mol. The van der Waals surface area contributed by atoms with Crippen molar-refractivity contribution in [3.8, 4) is 0 Å². The third kappa shape index (κ3) is 3.38. The van der Waals surface area contributed by atoms with Crippen LogP contribution in [0.3, 0.4) is 0 Å². The molecule has 2 aliphatic carbocycles. The van der Waals surface area contributed by atoms with Gasteiger partial charge in [0, 0.05) is 17.2 Å². The Morgan fingerprint density at radius 3 is 2.07 bits per heavy atom. The Balaban J connectivity index is 1.74. The van der Waals surface area contributed by atoms with Crippen LogP contribution in [0.4, 0.5) is 13.2 Å². The number of rotatable bonds is 3. The van der Waals surface area contributed by atoms with E-state index in [0.29, 0.717) is 11.3 Å². The van der Waals surface area contributed by atoms with Crippen molar-refractivity contribution in [2.75, 3.05) is 0 Å². The van der Waals surface area contributed by atoms with Crippen LogP contribution >= 0.6 is 0 Å². The Kier molecular flexibility index (Phi) is 4.24. The van der Waals surface area contributed by atoms with Gasteiger partial charge in [-0.25, -0.2) is 13.6 Å². The van der Waals surface area contributed by atoms with Gasteiger partial charge < -0.3 is 0 Å². The van der Waals surface area contributed by atoms with E-state index in [4.69, 9.17) is 5.14 Å². The van der Waals surface area contributed by atoms with E-state index in [1.165, 1.54) is 24.4 Å². The lowest BCUT2D eigenvalue weighted by atomic mass is 9.70. The maximum Gasteiger partial charge on any atom is 0.416 e. The van der Waals surface area contributed by atoms with E-state index in [1.807, 2.05) is 0 Å². The molecule has 0 unspecified atom stereocenters. The van der Waals surface area contributed by atoms with Gasteiger partial charge in [-0.3, -0.25) is 4.98 Å². The molecule has 4 nitrogen and oxygen atoms in total. The molecule has 1 saturated carbocycles. The number of halogens is 3. The van der Waals surface area contributed by atoms with Crippen LogP contribution in [-0.2, 0) is 16.2 Å². The lowest BCUT2D eigenvalue weighted by Crippen LogP contribution is -2.22. The van der Waals surface area contributed by atoms with Crippen molar-refractivity contribution < 1.29 is 21.6 Å². The van der Waals surface area contributed by atoms with Gasteiger partial charge in [-0.2, -0.15) is 13.2 Å². The van der Waals surface area contributed by atoms with Crippen molar-refractivity contribution in [2.45, 2.75) is 30.3 Å². The summed E-state index contributed by atoms with van der Waals surface area (Å²) in [5.74, 6) is 0. The molecule has 2 N–H and O–H groups in total. The third-order valence-electron chi connectivity index (χ3n) is 5.30. The normalized spacial score (nSPS) is 18.6. The number of nitrogens with two attached hydrogens (primary N) is 1. The largest absolute Gasteiger partial charge is 0.416 e. The molecule has 8 heteroatoms. The average Bonchev–Trinajstić information content (AvgIpc) is 3.02. The Hall–Kier alpha value is -2.45. The summed E-state index contributed by atoms with van der Waals surface area (Å²) in [4.78, 5) is 4.15. The van der Waals surface area contributed by atoms with Gasteiger partial charge in [0.05, 0.1) is 11.3 Å². The van der Waals surface area contributed by atoms with Crippen molar-refractivity contribution >= 4 is 21.2 Å². The number of aromatic nitrogens is 1. The number of nitrogens with zero attached hydrogens (tertiary/aromatic N) is 1. The van der Waals surface area contributed by atoms with Gasteiger partial charge in [-0.1, -0.05) is 30.7 Å². The molecule has 0 atom stereocenters. The number of sulfonamides is 1. The molecule has 1 spiro atoms. The number of hydrogen-bond donors (Lipinski definition) is 1. The fraction of sp³-hybridized carbons (Fsp3) is 0.250.